The minimum Gasteiger partial charge on any atom is -0.458 e. The summed E-state index contributed by atoms with van der Waals surface area (Å²) in [6.07, 6.45) is -3.11. The summed E-state index contributed by atoms with van der Waals surface area (Å²) >= 11 is 0. The Morgan fingerprint density at radius 1 is 0.864 bits per heavy atom. The zero-order valence-corrected chi connectivity index (χ0v) is 46.1. The molecule has 0 fully saturated rings. The van der Waals surface area contributed by atoms with Gasteiger partial charge in [-0.15, -0.1) is 0 Å². The first-order chi connectivity index (χ1) is 38.4. The summed E-state index contributed by atoms with van der Waals surface area (Å²) in [5, 5.41) is 71.0. The number of Topliss-reactive ketones (excluding diaryl/α,β-unsaturated/α-hetero) is 1. The van der Waals surface area contributed by atoms with E-state index in [1.807, 2.05) is 6.07 Å². The summed E-state index contributed by atoms with van der Waals surface area (Å²) in [5.74, 6) is -6.92. The van der Waals surface area contributed by atoms with E-state index in [9.17, 15) is 68.7 Å². The summed E-state index contributed by atoms with van der Waals surface area (Å²) in [7, 11) is 0. The molecule has 25 heteroatoms. The van der Waals surface area contributed by atoms with E-state index in [2.05, 4.69) is 21.3 Å². The monoisotopic (exact) mass is 1140 g/mol. The van der Waals surface area contributed by atoms with Gasteiger partial charge in [-0.1, -0.05) is 27.2 Å². The highest BCUT2D eigenvalue weighted by molar-refractivity contribution is 6.12. The van der Waals surface area contributed by atoms with Crippen LogP contribution in [0.25, 0.3) is 22.3 Å². The molecule has 0 saturated heterocycles. The topological polar surface area (TPSA) is 363 Å². The quantitative estimate of drug-likeness (QED) is 0.0137. The van der Waals surface area contributed by atoms with Gasteiger partial charge in [-0.2, -0.15) is 0 Å². The van der Waals surface area contributed by atoms with Gasteiger partial charge in [0.15, 0.2) is 5.60 Å². The van der Waals surface area contributed by atoms with Gasteiger partial charge >= 0.3 is 5.97 Å². The molecule has 3 aliphatic heterocycles. The average Bonchev–Trinajstić information content (AvgIpc) is 2.59. The summed E-state index contributed by atoms with van der Waals surface area (Å²) in [4.78, 5) is 123. The van der Waals surface area contributed by atoms with Gasteiger partial charge in [-0.05, 0) is 88.0 Å². The van der Waals surface area contributed by atoms with E-state index in [1.165, 1.54) is 29.7 Å². The molecule has 0 aliphatic carbocycles. The zero-order valence-electron chi connectivity index (χ0n) is 46.1. The number of hydrogen-bond acceptors (Lipinski definition) is 18. The lowest BCUT2D eigenvalue weighted by atomic mass is 9.86. The SMILES string of the molecule is CC[C@@]1(O)C(=O)OCc2c1cc1n(c2=O)Cc2cc3c(CCCCOCNC(=O)[C@H](C)NC(=O)[C@@H](NC(=O)[C@H](CCC(=O)NC[C@H](O)[C@@H](O)[C@H](O)[C@H](O)CO)CC(=O)CCCCCN4C(=O)C=CC4=O)C(C)C)c(C)c(F)cc3nc2-1. The molecule has 10 N–H and O–H groups in total. The van der Waals surface area contributed by atoms with E-state index >= 15 is 4.39 Å². The molecule has 24 nitrogen and oxygen atoms in total. The van der Waals surface area contributed by atoms with E-state index in [4.69, 9.17) is 19.6 Å². The van der Waals surface area contributed by atoms with Crippen molar-refractivity contribution in [1.29, 1.82) is 0 Å². The Hall–Kier alpha value is -6.87. The van der Waals surface area contributed by atoms with E-state index < -0.39 is 120 Å². The van der Waals surface area contributed by atoms with Gasteiger partial charge in [0.25, 0.3) is 17.4 Å². The normalized spacial score (nSPS) is 18.1. The van der Waals surface area contributed by atoms with Crippen LogP contribution in [0.1, 0.15) is 120 Å². The predicted octanol–water partition coefficient (Wildman–Crippen LogP) is -0.0213. The van der Waals surface area contributed by atoms with Crippen LogP contribution in [-0.2, 0) is 73.0 Å². The number of imide groups is 1. The third-order valence-corrected chi connectivity index (χ3v) is 15.1. The molecule has 5 heterocycles. The van der Waals surface area contributed by atoms with Crippen molar-refractivity contribution in [3.8, 4) is 11.4 Å². The number of aromatic nitrogens is 2. The van der Waals surface area contributed by atoms with Crippen LogP contribution in [0.2, 0.25) is 0 Å². The first kappa shape index (κ1) is 63.3. The smallest absolute Gasteiger partial charge is 0.343 e. The van der Waals surface area contributed by atoms with Crippen molar-refractivity contribution >= 4 is 58.1 Å². The van der Waals surface area contributed by atoms with Crippen molar-refractivity contribution in [3.63, 3.8) is 0 Å². The van der Waals surface area contributed by atoms with Crippen LogP contribution >= 0.6 is 0 Å². The number of aliphatic hydroxyl groups excluding tert-OH is 5. The molecule has 0 spiro atoms. The summed E-state index contributed by atoms with van der Waals surface area (Å²) < 4.78 is 27.8. The second-order valence-electron chi connectivity index (χ2n) is 21.2. The maximum atomic E-state index is 15.4. The second-order valence-corrected chi connectivity index (χ2v) is 21.2. The number of nitrogens with zero attached hydrogens (tertiary/aromatic N) is 3. The highest BCUT2D eigenvalue weighted by Crippen LogP contribution is 2.39. The largest absolute Gasteiger partial charge is 0.458 e. The number of fused-ring (bicyclic) bond motifs is 5. The Morgan fingerprint density at radius 2 is 1.57 bits per heavy atom. The van der Waals surface area contributed by atoms with Crippen molar-refractivity contribution < 1.29 is 82.9 Å². The average molecular weight is 1140 g/mol. The molecule has 3 aromatic rings. The number of carbonyl (C=O) groups excluding carboxylic acids is 8. The molecular formula is C56H74FN7O17. The van der Waals surface area contributed by atoms with Gasteiger partial charge in [0, 0.05) is 79.6 Å². The van der Waals surface area contributed by atoms with Crippen molar-refractivity contribution in [2.75, 3.05) is 33.0 Å². The molecule has 0 radical (unpaired) electrons. The van der Waals surface area contributed by atoms with Crippen molar-refractivity contribution in [2.24, 2.45) is 11.8 Å². The number of cyclic esters (lactones) is 1. The van der Waals surface area contributed by atoms with Gasteiger partial charge in [0.2, 0.25) is 23.6 Å². The molecule has 1 aromatic carbocycles. The van der Waals surface area contributed by atoms with E-state index in [0.29, 0.717) is 71.9 Å². The maximum absolute atomic E-state index is 15.4. The standard InChI is InChI=1S/C56H74FN7O17/c1-6-56(79)38-22-41-48-33(25-64(41)54(77)37(38)27-81-55(56)78)21-36-35(30(4)39(57)23-40(36)61-48)13-9-11-19-80-28-59-51(74)31(5)60-53(76)47(29(2)3)62-52(75)32(14-15-44(69)58-24-42(67)49(72)50(73)43(68)26-65)20-34(66)12-8-7-10-18-63-45(70)16-17-46(63)71/h16-17,21-23,29,31-32,42-43,47,49-50,65,67-68,72-73,79H,6-15,18-20,24-28H2,1-5H3,(H,58,69)(H,59,74)(H,60,76)(H,62,75)/t31-,32+,42-,43+,47-,49+,50+,56-/m0/s1. The Labute approximate surface area is 466 Å². The number of esters is 1. The molecule has 3 aliphatic rings. The number of nitrogens with one attached hydrogen (secondary N) is 4. The number of ketones is 1. The third kappa shape index (κ3) is 15.2. The number of carbonyl (C=O) groups is 8. The fourth-order valence-corrected chi connectivity index (χ4v) is 10.0. The zero-order chi connectivity index (χ0) is 59.5. The van der Waals surface area contributed by atoms with E-state index in [-0.39, 0.29) is 82.0 Å². The van der Waals surface area contributed by atoms with E-state index in [0.717, 1.165) is 10.5 Å². The van der Waals surface area contributed by atoms with Crippen molar-refractivity contribution in [1.82, 2.24) is 35.7 Å². The number of benzene rings is 1. The number of halogens is 1. The molecule has 81 heavy (non-hydrogen) atoms. The molecule has 0 bridgehead atoms. The summed E-state index contributed by atoms with van der Waals surface area (Å²) in [6.45, 7) is 6.62. The van der Waals surface area contributed by atoms with Gasteiger partial charge in [0.05, 0.1) is 41.7 Å². The molecule has 6 rings (SSSR count). The molecule has 0 saturated carbocycles. The van der Waals surface area contributed by atoms with Gasteiger partial charge in [0.1, 0.15) is 55.3 Å². The lowest BCUT2D eigenvalue weighted by molar-refractivity contribution is -0.172. The number of pyridine rings is 2. The Kier molecular flexibility index (Phi) is 22.1. The highest BCUT2D eigenvalue weighted by Gasteiger charge is 2.45. The molecular weight excluding hydrogens is 1060 g/mol. The van der Waals surface area contributed by atoms with Crippen LogP contribution in [0.5, 0.6) is 0 Å². The van der Waals surface area contributed by atoms with Crippen molar-refractivity contribution in [2.45, 2.75) is 160 Å². The van der Waals surface area contributed by atoms with Gasteiger partial charge < -0.3 is 65.9 Å². The minimum absolute atomic E-state index is 0.00873. The minimum atomic E-state index is -1.99. The fraction of sp³-hybridized carbons (Fsp3) is 0.571. The maximum Gasteiger partial charge on any atom is 0.343 e. The summed E-state index contributed by atoms with van der Waals surface area (Å²) in [5.41, 5.74) is 1.08. The van der Waals surface area contributed by atoms with Crippen LogP contribution in [0.15, 0.2) is 35.1 Å². The number of unbranched alkanes of at least 4 members (excludes halogenated alkanes) is 3. The lowest BCUT2D eigenvalue weighted by Gasteiger charge is -2.31. The van der Waals surface area contributed by atoms with Crippen LogP contribution in [0, 0.1) is 24.6 Å². The molecule has 8 atom stereocenters. The highest BCUT2D eigenvalue weighted by atomic mass is 19.1. The Bertz CT molecular complexity index is 2950. The Balaban J connectivity index is 0.982. The third-order valence-electron chi connectivity index (χ3n) is 15.1. The van der Waals surface area contributed by atoms with Gasteiger partial charge in [-0.3, -0.25) is 43.3 Å². The van der Waals surface area contributed by atoms with Crippen LogP contribution in [0.4, 0.5) is 4.39 Å². The fourth-order valence-electron chi connectivity index (χ4n) is 10.0. The van der Waals surface area contributed by atoms with E-state index in [1.54, 1.807) is 33.8 Å². The first-order valence-electron chi connectivity index (χ1n) is 27.3. The number of aryl methyl sites for hydroxylation is 1. The Morgan fingerprint density at radius 3 is 2.25 bits per heavy atom. The number of aliphatic hydroxyl groups is 6. The molecule has 0 unspecified atom stereocenters. The van der Waals surface area contributed by atoms with Gasteiger partial charge in [-0.25, -0.2) is 14.2 Å². The number of ether oxygens (including phenoxy) is 2. The number of rotatable bonds is 31. The lowest BCUT2D eigenvalue weighted by Crippen LogP contribution is -2.55. The van der Waals surface area contributed by atoms with Crippen molar-refractivity contribution in [3.05, 3.63) is 74.3 Å². The van der Waals surface area contributed by atoms with Crippen LogP contribution < -0.4 is 26.8 Å². The molecule has 442 valence electrons. The molecule has 6 amide bonds. The molecule has 2 aromatic heterocycles. The first-order valence-corrected chi connectivity index (χ1v) is 27.3. The second kappa shape index (κ2) is 28.2. The van der Waals surface area contributed by atoms with Crippen LogP contribution in [0.3, 0.4) is 0 Å². The number of amides is 6. The van der Waals surface area contributed by atoms with Crippen LogP contribution in [-0.4, -0.2) is 162 Å². The predicted molar refractivity (Wildman–Crippen MR) is 286 cm³/mol. The number of hydrogen-bond donors (Lipinski definition) is 10. The summed E-state index contributed by atoms with van der Waals surface area (Å²) in [6, 6.07) is 2.52.